The molecule has 1 aliphatic heterocycles. The molecule has 0 atom stereocenters. The van der Waals surface area contributed by atoms with Gasteiger partial charge in [-0.05, 0) is 18.6 Å². The van der Waals surface area contributed by atoms with E-state index in [0.29, 0.717) is 0 Å². The number of para-hydroxylation sites is 2. The summed E-state index contributed by atoms with van der Waals surface area (Å²) < 4.78 is 7.13. The van der Waals surface area contributed by atoms with Gasteiger partial charge >= 0.3 is 0 Å². The average Bonchev–Trinajstić information content (AvgIpc) is 3.39. The van der Waals surface area contributed by atoms with E-state index in [0.717, 1.165) is 69.4 Å². The lowest BCUT2D eigenvalue weighted by Gasteiger charge is -2.36. The van der Waals surface area contributed by atoms with Crippen LogP contribution in [0.3, 0.4) is 0 Å². The summed E-state index contributed by atoms with van der Waals surface area (Å²) >= 11 is 0. The summed E-state index contributed by atoms with van der Waals surface area (Å²) in [5.41, 5.74) is 3.23. The Balaban J connectivity index is 0.00000240. The van der Waals surface area contributed by atoms with Crippen molar-refractivity contribution in [3.63, 3.8) is 0 Å². The molecule has 0 unspecified atom stereocenters. The molecule has 0 amide bonds. The summed E-state index contributed by atoms with van der Waals surface area (Å²) in [4.78, 5) is 13.6. The molecular formula is C20H28IN7O. The van der Waals surface area contributed by atoms with Gasteiger partial charge < -0.3 is 19.3 Å². The average molecular weight is 509 g/mol. The van der Waals surface area contributed by atoms with Crippen LogP contribution >= 0.6 is 24.0 Å². The molecule has 156 valence electrons. The topological polar surface area (TPSA) is 74.7 Å². The van der Waals surface area contributed by atoms with Crippen molar-refractivity contribution < 1.29 is 4.52 Å². The van der Waals surface area contributed by atoms with E-state index in [1.807, 2.05) is 31.6 Å². The Labute approximate surface area is 188 Å². The van der Waals surface area contributed by atoms with Crippen molar-refractivity contribution in [1.29, 1.82) is 0 Å². The Morgan fingerprint density at radius 2 is 2.00 bits per heavy atom. The third-order valence-electron chi connectivity index (χ3n) is 5.15. The van der Waals surface area contributed by atoms with Crippen LogP contribution in [0.25, 0.3) is 11.0 Å². The van der Waals surface area contributed by atoms with Gasteiger partial charge in [-0.3, -0.25) is 9.89 Å². The summed E-state index contributed by atoms with van der Waals surface area (Å²) in [6.45, 7) is 6.58. The molecule has 29 heavy (non-hydrogen) atoms. The Morgan fingerprint density at radius 3 is 2.76 bits per heavy atom. The SMILES string of the molecule is CN=C(NCCCn1cnc2ccccc21)N1CCN(Cc2ccon2)CC1.I. The first-order valence-corrected chi connectivity index (χ1v) is 9.80. The van der Waals surface area contributed by atoms with Gasteiger partial charge in [-0.1, -0.05) is 17.3 Å². The molecule has 1 N–H and O–H groups in total. The maximum atomic E-state index is 4.92. The second kappa shape index (κ2) is 10.6. The number of nitrogens with zero attached hydrogens (tertiary/aromatic N) is 6. The van der Waals surface area contributed by atoms with E-state index in [4.69, 9.17) is 4.52 Å². The first-order valence-electron chi connectivity index (χ1n) is 9.80. The van der Waals surface area contributed by atoms with Crippen molar-refractivity contribution in [2.45, 2.75) is 19.5 Å². The molecule has 1 aromatic carbocycles. The molecule has 0 spiro atoms. The van der Waals surface area contributed by atoms with E-state index in [2.05, 4.69) is 46.9 Å². The molecule has 0 saturated carbocycles. The molecule has 0 bridgehead atoms. The molecule has 1 fully saturated rings. The zero-order valence-electron chi connectivity index (χ0n) is 16.7. The van der Waals surface area contributed by atoms with E-state index in [-0.39, 0.29) is 24.0 Å². The number of guanidine groups is 1. The highest BCUT2D eigenvalue weighted by atomic mass is 127. The van der Waals surface area contributed by atoms with Crippen LogP contribution in [-0.4, -0.2) is 70.2 Å². The smallest absolute Gasteiger partial charge is 0.193 e. The van der Waals surface area contributed by atoms with Gasteiger partial charge in [-0.25, -0.2) is 4.98 Å². The molecule has 1 aliphatic rings. The zero-order chi connectivity index (χ0) is 19.2. The fraction of sp³-hybridized carbons (Fsp3) is 0.450. The van der Waals surface area contributed by atoms with E-state index < -0.39 is 0 Å². The third kappa shape index (κ3) is 5.47. The number of hydrogen-bond acceptors (Lipinski definition) is 5. The minimum absolute atomic E-state index is 0. The van der Waals surface area contributed by atoms with Crippen LogP contribution in [0.4, 0.5) is 0 Å². The zero-order valence-corrected chi connectivity index (χ0v) is 19.0. The van der Waals surface area contributed by atoms with Crippen LogP contribution < -0.4 is 5.32 Å². The number of fused-ring (bicyclic) bond motifs is 1. The molecule has 3 heterocycles. The molecule has 2 aromatic heterocycles. The van der Waals surface area contributed by atoms with Crippen LogP contribution in [-0.2, 0) is 13.1 Å². The maximum absolute atomic E-state index is 4.92. The molecule has 0 radical (unpaired) electrons. The molecule has 4 rings (SSSR count). The number of aryl methyl sites for hydroxylation is 1. The number of nitrogens with one attached hydrogen (secondary N) is 1. The predicted octanol–water partition coefficient (Wildman–Crippen LogP) is 2.43. The van der Waals surface area contributed by atoms with Crippen LogP contribution in [0.2, 0.25) is 0 Å². The van der Waals surface area contributed by atoms with Gasteiger partial charge in [0.15, 0.2) is 5.96 Å². The molecule has 9 heteroatoms. The summed E-state index contributed by atoms with van der Waals surface area (Å²) in [6, 6.07) is 10.2. The van der Waals surface area contributed by atoms with E-state index in [1.54, 1.807) is 6.26 Å². The second-order valence-electron chi connectivity index (χ2n) is 7.01. The van der Waals surface area contributed by atoms with Crippen LogP contribution in [0, 0.1) is 0 Å². The highest BCUT2D eigenvalue weighted by Gasteiger charge is 2.20. The standard InChI is InChI=1S/C20H27N7O.HI/c1-21-20(26-12-10-25(11-13-26)15-17-7-14-28-24-17)22-8-4-9-27-16-23-18-5-2-3-6-19(18)27;/h2-3,5-7,14,16H,4,8-13,15H2,1H3,(H,21,22);1H. The lowest BCUT2D eigenvalue weighted by atomic mass is 10.3. The van der Waals surface area contributed by atoms with Crippen molar-refractivity contribution in [3.05, 3.63) is 48.6 Å². The highest BCUT2D eigenvalue weighted by molar-refractivity contribution is 14.0. The Morgan fingerprint density at radius 1 is 1.17 bits per heavy atom. The molecular weight excluding hydrogens is 481 g/mol. The Kier molecular flexibility index (Phi) is 7.87. The number of aliphatic imine (C=N–C) groups is 1. The van der Waals surface area contributed by atoms with Gasteiger partial charge in [0.05, 0.1) is 23.1 Å². The summed E-state index contributed by atoms with van der Waals surface area (Å²) in [5, 5.41) is 7.50. The fourth-order valence-electron chi connectivity index (χ4n) is 3.64. The molecule has 3 aromatic rings. The normalized spacial score (nSPS) is 15.5. The Bertz CT molecular complexity index is 901. The van der Waals surface area contributed by atoms with E-state index in [1.165, 1.54) is 5.52 Å². The van der Waals surface area contributed by atoms with E-state index >= 15 is 0 Å². The van der Waals surface area contributed by atoms with Gasteiger partial charge in [0.1, 0.15) is 6.26 Å². The number of aromatic nitrogens is 3. The highest BCUT2D eigenvalue weighted by Crippen LogP contribution is 2.12. The van der Waals surface area contributed by atoms with Crippen molar-refractivity contribution in [2.24, 2.45) is 4.99 Å². The van der Waals surface area contributed by atoms with Crippen LogP contribution in [0.15, 0.2) is 52.4 Å². The number of halogens is 1. The lowest BCUT2D eigenvalue weighted by Crippen LogP contribution is -2.52. The summed E-state index contributed by atoms with van der Waals surface area (Å²) in [5.74, 6) is 0.983. The van der Waals surface area contributed by atoms with Crippen molar-refractivity contribution >= 4 is 41.0 Å². The monoisotopic (exact) mass is 509 g/mol. The third-order valence-corrected chi connectivity index (χ3v) is 5.15. The minimum atomic E-state index is 0. The largest absolute Gasteiger partial charge is 0.364 e. The minimum Gasteiger partial charge on any atom is -0.364 e. The van der Waals surface area contributed by atoms with Gasteiger partial charge in [0, 0.05) is 58.9 Å². The molecule has 8 nitrogen and oxygen atoms in total. The summed E-state index contributed by atoms with van der Waals surface area (Å²) in [6.07, 6.45) is 4.57. The maximum Gasteiger partial charge on any atom is 0.193 e. The van der Waals surface area contributed by atoms with Crippen LogP contribution in [0.1, 0.15) is 12.1 Å². The number of hydrogen-bond donors (Lipinski definition) is 1. The quantitative estimate of drug-likeness (QED) is 0.238. The van der Waals surface area contributed by atoms with Crippen molar-refractivity contribution in [1.82, 2.24) is 29.8 Å². The lowest BCUT2D eigenvalue weighted by molar-refractivity contribution is 0.169. The number of rotatable bonds is 6. The summed E-state index contributed by atoms with van der Waals surface area (Å²) in [7, 11) is 1.85. The first kappa shape index (κ1) is 21.6. The van der Waals surface area contributed by atoms with Crippen LogP contribution in [0.5, 0.6) is 0 Å². The number of piperazine rings is 1. The van der Waals surface area contributed by atoms with Gasteiger partial charge in [0.2, 0.25) is 0 Å². The predicted molar refractivity (Wildman–Crippen MR) is 124 cm³/mol. The van der Waals surface area contributed by atoms with Gasteiger partial charge in [-0.2, -0.15) is 0 Å². The molecule has 1 saturated heterocycles. The molecule has 0 aliphatic carbocycles. The van der Waals surface area contributed by atoms with E-state index in [9.17, 15) is 0 Å². The van der Waals surface area contributed by atoms with Gasteiger partial charge in [0.25, 0.3) is 0 Å². The van der Waals surface area contributed by atoms with Crippen molar-refractivity contribution in [3.8, 4) is 0 Å². The fourth-order valence-corrected chi connectivity index (χ4v) is 3.64. The Hall–Kier alpha value is -2.14. The first-order chi connectivity index (χ1) is 13.8. The number of imidazole rings is 1. The van der Waals surface area contributed by atoms with Gasteiger partial charge in [-0.15, -0.1) is 24.0 Å². The number of benzene rings is 1. The van der Waals surface area contributed by atoms with Crippen molar-refractivity contribution in [2.75, 3.05) is 39.8 Å². The second-order valence-corrected chi connectivity index (χ2v) is 7.01.